The molecule has 0 unspecified atom stereocenters. The molecule has 0 atom stereocenters. The lowest BCUT2D eigenvalue weighted by molar-refractivity contribution is -0.137. The molecule has 3 rings (SSSR count). The highest BCUT2D eigenvalue weighted by Gasteiger charge is 2.26. The van der Waals surface area contributed by atoms with Crippen molar-refractivity contribution in [3.05, 3.63) is 56.0 Å². The van der Waals surface area contributed by atoms with Crippen molar-refractivity contribution in [2.24, 2.45) is 5.10 Å². The molecule has 0 bridgehead atoms. The van der Waals surface area contributed by atoms with Gasteiger partial charge in [0.25, 0.3) is 5.56 Å². The fourth-order valence-electron chi connectivity index (χ4n) is 3.78. The van der Waals surface area contributed by atoms with Crippen LogP contribution in [0.15, 0.2) is 32.9 Å². The zero-order valence-corrected chi connectivity index (χ0v) is 26.7. The summed E-state index contributed by atoms with van der Waals surface area (Å²) in [4.78, 5) is 46.2. The molecule has 5 N–H and O–H groups in total. The largest absolute Gasteiger partial charge is 0.496 e. The molecular formula is C29H41FN6O7S. The summed E-state index contributed by atoms with van der Waals surface area (Å²) in [7, 11) is 1.51. The van der Waals surface area contributed by atoms with Gasteiger partial charge in [-0.3, -0.25) is 28.9 Å². The molecule has 242 valence electrons. The number of aliphatic hydroxyl groups excluding tert-OH is 1. The first-order valence-electron chi connectivity index (χ1n) is 13.6. The maximum absolute atomic E-state index is 13.8. The lowest BCUT2D eigenvalue weighted by Gasteiger charge is -2.23. The number of fused-ring (bicyclic) bond motifs is 1. The van der Waals surface area contributed by atoms with Crippen LogP contribution in [0.3, 0.4) is 0 Å². The van der Waals surface area contributed by atoms with Gasteiger partial charge in [0.15, 0.2) is 0 Å². The zero-order valence-electron chi connectivity index (χ0n) is 25.9. The lowest BCUT2D eigenvalue weighted by Crippen LogP contribution is -2.47. The molecule has 0 saturated heterocycles. The maximum atomic E-state index is 13.8. The van der Waals surface area contributed by atoms with Crippen molar-refractivity contribution in [1.82, 2.24) is 14.5 Å². The van der Waals surface area contributed by atoms with Crippen LogP contribution >= 0.6 is 11.3 Å². The number of aliphatic hydroxyl groups is 1. The number of thiophene rings is 1. The number of nitrogens with one attached hydrogen (secondary N) is 3. The van der Waals surface area contributed by atoms with E-state index >= 15 is 0 Å². The molecule has 2 aromatic heterocycles. The third-order valence-electron chi connectivity index (χ3n) is 5.77. The number of carboxylic acids is 1. The van der Waals surface area contributed by atoms with Crippen LogP contribution in [0.25, 0.3) is 10.2 Å². The molecule has 1 amide bonds. The lowest BCUT2D eigenvalue weighted by atomic mass is 10.1. The van der Waals surface area contributed by atoms with Crippen LogP contribution in [-0.2, 0) is 28.1 Å². The Kier molecular flexibility index (Phi) is 15.1. The molecule has 13 nitrogen and oxygen atoms in total. The number of hydrogen-bond acceptors (Lipinski definition) is 10. The minimum atomic E-state index is -0.961. The minimum absolute atomic E-state index is 0.153. The van der Waals surface area contributed by atoms with E-state index in [1.54, 1.807) is 38.3 Å². The standard InChI is InChI=1S/C22H26FN5O3S.C4H9NO.C3H6O3/c1-13-17-19(29)28(22(2,3)4)21(30)27(20(17)32-18(13)26-25-10-9-24)11-8-14-12-15(23)6-7-16(14)31-5;1-4(2)5-3-6;4-2-1-3(5)6/h6-7,9-10,12,24,26H,8,11H2,1-5H3;3-4H,1-2H3,(H,5,6);4H,1-2H2,(H,5,6)/b24-9?,25-10-;;. The van der Waals surface area contributed by atoms with Gasteiger partial charge in [0, 0.05) is 29.9 Å². The number of aliphatic carboxylic acids is 1. The summed E-state index contributed by atoms with van der Waals surface area (Å²) in [5, 5.41) is 30.2. The molecule has 44 heavy (non-hydrogen) atoms. The van der Waals surface area contributed by atoms with E-state index in [-0.39, 0.29) is 37.0 Å². The van der Waals surface area contributed by atoms with Crippen molar-refractivity contribution < 1.29 is 28.9 Å². The molecule has 0 spiro atoms. The van der Waals surface area contributed by atoms with Crippen molar-refractivity contribution >= 4 is 51.4 Å². The third-order valence-corrected chi connectivity index (χ3v) is 6.99. The minimum Gasteiger partial charge on any atom is -0.496 e. The molecule has 0 aliphatic heterocycles. The summed E-state index contributed by atoms with van der Waals surface area (Å²) < 4.78 is 21.9. The highest BCUT2D eigenvalue weighted by molar-refractivity contribution is 7.22. The Morgan fingerprint density at radius 3 is 2.39 bits per heavy atom. The van der Waals surface area contributed by atoms with E-state index in [2.05, 4.69) is 15.8 Å². The average Bonchev–Trinajstić information content (AvgIpc) is 3.24. The van der Waals surface area contributed by atoms with Crippen LogP contribution in [0.1, 0.15) is 52.2 Å². The van der Waals surface area contributed by atoms with Gasteiger partial charge >= 0.3 is 11.7 Å². The summed E-state index contributed by atoms with van der Waals surface area (Å²) >= 11 is 1.24. The Hall–Kier alpha value is -4.37. The van der Waals surface area contributed by atoms with Gasteiger partial charge in [-0.2, -0.15) is 5.10 Å². The third kappa shape index (κ3) is 10.7. The fourth-order valence-corrected chi connectivity index (χ4v) is 4.95. The number of carbonyl (C=O) groups is 2. The summed E-state index contributed by atoms with van der Waals surface area (Å²) in [6.45, 7) is 11.0. The van der Waals surface area contributed by atoms with Gasteiger partial charge in [-0.1, -0.05) is 11.3 Å². The van der Waals surface area contributed by atoms with Gasteiger partial charge in [-0.25, -0.2) is 9.18 Å². The number of ether oxygens (including phenoxy) is 1. The number of aryl methyl sites for hydroxylation is 3. The molecule has 0 fully saturated rings. The number of benzene rings is 1. The summed E-state index contributed by atoms with van der Waals surface area (Å²) in [6, 6.07) is 4.54. The number of hydrazone groups is 1. The predicted octanol–water partition coefficient (Wildman–Crippen LogP) is 3.32. The first kappa shape index (κ1) is 37.7. The van der Waals surface area contributed by atoms with E-state index in [9.17, 15) is 23.6 Å². The van der Waals surface area contributed by atoms with Crippen molar-refractivity contribution in [2.75, 3.05) is 19.1 Å². The average molecular weight is 637 g/mol. The number of carboxylic acid groups (broad SMARTS) is 1. The van der Waals surface area contributed by atoms with E-state index in [0.717, 1.165) is 6.21 Å². The van der Waals surface area contributed by atoms with Crippen LogP contribution in [0, 0.1) is 18.2 Å². The topological polar surface area (TPSA) is 188 Å². The Morgan fingerprint density at radius 1 is 1.27 bits per heavy atom. The van der Waals surface area contributed by atoms with E-state index in [0.29, 0.717) is 44.9 Å². The number of rotatable bonds is 11. The Bertz CT molecular complexity index is 1570. The SMILES string of the molecule is CC(C)NC=O.COc1ccc(F)cc1CCn1c(=O)n(C(C)(C)C)c(=O)c2c(C)c(N/N=C\C=N)sc21.O=C(O)CCO. The van der Waals surface area contributed by atoms with Crippen LogP contribution in [0.5, 0.6) is 5.75 Å². The highest BCUT2D eigenvalue weighted by atomic mass is 32.1. The number of amides is 1. The Morgan fingerprint density at radius 2 is 1.93 bits per heavy atom. The van der Waals surface area contributed by atoms with E-state index < -0.39 is 17.2 Å². The van der Waals surface area contributed by atoms with Crippen molar-refractivity contribution in [1.29, 1.82) is 5.41 Å². The Labute approximate surface area is 258 Å². The highest BCUT2D eigenvalue weighted by Crippen LogP contribution is 2.33. The second kappa shape index (κ2) is 17.7. The molecule has 15 heteroatoms. The van der Waals surface area contributed by atoms with Gasteiger partial charge in [0.1, 0.15) is 21.4 Å². The quantitative estimate of drug-likeness (QED) is 0.120. The number of halogens is 1. The van der Waals surface area contributed by atoms with Crippen LogP contribution < -0.4 is 26.7 Å². The number of carbonyl (C=O) groups excluding carboxylic acids is 1. The van der Waals surface area contributed by atoms with Gasteiger partial charge < -0.3 is 25.7 Å². The molecule has 1 aromatic carbocycles. The molecule has 0 aliphatic carbocycles. The molecule has 0 aliphatic rings. The summed E-state index contributed by atoms with van der Waals surface area (Å²) in [5.41, 5.74) is 2.61. The summed E-state index contributed by atoms with van der Waals surface area (Å²) in [5.74, 6) is -0.816. The number of nitrogens with zero attached hydrogens (tertiary/aromatic N) is 3. The predicted molar refractivity (Wildman–Crippen MR) is 171 cm³/mol. The van der Waals surface area contributed by atoms with Gasteiger partial charge in [-0.05, 0) is 71.7 Å². The molecule has 3 aromatic rings. The second-order valence-electron chi connectivity index (χ2n) is 10.6. The maximum Gasteiger partial charge on any atom is 0.332 e. The normalized spacial score (nSPS) is 11.0. The van der Waals surface area contributed by atoms with Crippen LogP contribution in [0.4, 0.5) is 9.39 Å². The molecule has 2 heterocycles. The van der Waals surface area contributed by atoms with Gasteiger partial charge in [0.2, 0.25) is 6.41 Å². The van der Waals surface area contributed by atoms with E-state index in [1.165, 1.54) is 41.4 Å². The van der Waals surface area contributed by atoms with Crippen molar-refractivity contribution in [2.45, 2.75) is 72.5 Å². The molecule has 0 radical (unpaired) electrons. The first-order chi connectivity index (χ1) is 20.6. The zero-order chi connectivity index (χ0) is 33.6. The van der Waals surface area contributed by atoms with E-state index in [4.69, 9.17) is 20.4 Å². The van der Waals surface area contributed by atoms with Gasteiger partial charge in [-0.15, -0.1) is 0 Å². The van der Waals surface area contributed by atoms with Crippen LogP contribution in [-0.4, -0.2) is 63.9 Å². The van der Waals surface area contributed by atoms with E-state index in [1.807, 2.05) is 13.8 Å². The van der Waals surface area contributed by atoms with Gasteiger partial charge in [0.05, 0.1) is 31.7 Å². The smallest absolute Gasteiger partial charge is 0.332 e. The summed E-state index contributed by atoms with van der Waals surface area (Å²) in [6.07, 6.45) is 3.19. The number of anilines is 1. The van der Waals surface area contributed by atoms with Crippen molar-refractivity contribution in [3.63, 3.8) is 0 Å². The second-order valence-corrected chi connectivity index (χ2v) is 11.6. The monoisotopic (exact) mass is 636 g/mol. The molecule has 0 saturated carbocycles. The van der Waals surface area contributed by atoms with Crippen molar-refractivity contribution in [3.8, 4) is 5.75 Å². The van der Waals surface area contributed by atoms with Crippen LogP contribution in [0.2, 0.25) is 0 Å². The molecular weight excluding hydrogens is 595 g/mol. The first-order valence-corrected chi connectivity index (χ1v) is 14.4. The fraction of sp³-hybridized carbons (Fsp3) is 0.448. The number of hydrogen-bond donors (Lipinski definition) is 5. The number of methoxy groups -OCH3 is 1. The number of aromatic nitrogens is 2. The Balaban J connectivity index is 0.000000681.